The molecule has 0 fully saturated rings. The summed E-state index contributed by atoms with van der Waals surface area (Å²) in [6.45, 7) is 0. The Morgan fingerprint density at radius 3 is 2.41 bits per heavy atom. The molecule has 1 aromatic heterocycles. The van der Waals surface area contributed by atoms with Gasteiger partial charge in [0.1, 0.15) is 0 Å². The summed E-state index contributed by atoms with van der Waals surface area (Å²) < 4.78 is 2.59. The molecule has 5 heteroatoms. The van der Waals surface area contributed by atoms with E-state index in [0.717, 1.165) is 12.0 Å². The average molecular weight is 398 g/mol. The monoisotopic (exact) mass is 397 g/mol. The SMILES string of the molecule is NC(Cc1ccc(I)cc1)c1cc(Cl)sc1Cl. The molecule has 17 heavy (non-hydrogen) atoms. The summed E-state index contributed by atoms with van der Waals surface area (Å²) >= 11 is 15.6. The maximum atomic E-state index is 6.14. The number of benzene rings is 1. The molecule has 0 amide bonds. The van der Waals surface area contributed by atoms with E-state index in [1.54, 1.807) is 0 Å². The Hall–Kier alpha value is 0.190. The van der Waals surface area contributed by atoms with E-state index in [1.165, 1.54) is 20.5 Å². The number of nitrogens with two attached hydrogens (primary N) is 1. The minimum absolute atomic E-state index is 0.105. The Labute approximate surface area is 128 Å². The third-order valence-electron chi connectivity index (χ3n) is 2.45. The molecule has 1 nitrogen and oxygen atoms in total. The van der Waals surface area contributed by atoms with Crippen molar-refractivity contribution >= 4 is 57.1 Å². The average Bonchev–Trinajstić information content (AvgIpc) is 2.61. The lowest BCUT2D eigenvalue weighted by molar-refractivity contribution is 0.725. The van der Waals surface area contributed by atoms with E-state index in [0.29, 0.717) is 8.67 Å². The second kappa shape index (κ2) is 5.89. The Balaban J connectivity index is 2.14. The molecular weight excluding hydrogens is 388 g/mol. The summed E-state index contributed by atoms with van der Waals surface area (Å²) in [5, 5.41) is 0. The van der Waals surface area contributed by atoms with Crippen LogP contribution in [0.5, 0.6) is 0 Å². The van der Waals surface area contributed by atoms with Crippen LogP contribution >= 0.6 is 57.1 Å². The van der Waals surface area contributed by atoms with E-state index in [4.69, 9.17) is 28.9 Å². The Kier molecular flexibility index (Phi) is 4.72. The fourth-order valence-corrected chi connectivity index (χ4v) is 3.55. The van der Waals surface area contributed by atoms with Crippen LogP contribution in [-0.2, 0) is 6.42 Å². The molecule has 0 saturated heterocycles. The lowest BCUT2D eigenvalue weighted by atomic mass is 10.0. The summed E-state index contributed by atoms with van der Waals surface area (Å²) in [4.78, 5) is 0. The van der Waals surface area contributed by atoms with Crippen LogP contribution in [0.3, 0.4) is 0 Å². The normalized spacial score (nSPS) is 12.7. The van der Waals surface area contributed by atoms with Crippen LogP contribution in [0.1, 0.15) is 17.2 Å². The van der Waals surface area contributed by atoms with Gasteiger partial charge in [0.05, 0.1) is 8.67 Å². The quantitative estimate of drug-likeness (QED) is 0.732. The molecule has 1 unspecified atom stereocenters. The number of halogens is 3. The maximum absolute atomic E-state index is 6.14. The topological polar surface area (TPSA) is 26.0 Å². The van der Waals surface area contributed by atoms with Crippen LogP contribution < -0.4 is 5.73 Å². The second-order valence-electron chi connectivity index (χ2n) is 3.72. The molecular formula is C12H10Cl2INS. The fourth-order valence-electron chi connectivity index (χ4n) is 1.59. The largest absolute Gasteiger partial charge is 0.324 e. The first-order valence-electron chi connectivity index (χ1n) is 5.01. The molecule has 90 valence electrons. The van der Waals surface area contributed by atoms with Gasteiger partial charge in [-0.15, -0.1) is 11.3 Å². The van der Waals surface area contributed by atoms with E-state index in [1.807, 2.05) is 6.07 Å². The van der Waals surface area contributed by atoms with Crippen LogP contribution in [0.2, 0.25) is 8.67 Å². The molecule has 2 aromatic rings. The van der Waals surface area contributed by atoms with Gasteiger partial charge in [-0.2, -0.15) is 0 Å². The third-order valence-corrected chi connectivity index (χ3v) is 4.69. The standard InChI is InChI=1S/C12H10Cl2INS/c13-11-6-9(12(14)17-11)10(16)5-7-1-3-8(15)4-2-7/h1-4,6,10H,5,16H2. The van der Waals surface area contributed by atoms with Crippen molar-refractivity contribution in [1.82, 2.24) is 0 Å². The van der Waals surface area contributed by atoms with E-state index in [-0.39, 0.29) is 6.04 Å². The molecule has 0 bridgehead atoms. The van der Waals surface area contributed by atoms with Gasteiger partial charge in [0, 0.05) is 15.2 Å². The van der Waals surface area contributed by atoms with Crippen molar-refractivity contribution in [3.05, 3.63) is 53.7 Å². The van der Waals surface area contributed by atoms with Crippen molar-refractivity contribution in [2.45, 2.75) is 12.5 Å². The van der Waals surface area contributed by atoms with Crippen LogP contribution in [-0.4, -0.2) is 0 Å². The van der Waals surface area contributed by atoms with Gasteiger partial charge in [0.25, 0.3) is 0 Å². The molecule has 0 aliphatic carbocycles. The molecule has 0 spiro atoms. The lowest BCUT2D eigenvalue weighted by Gasteiger charge is -2.10. The Bertz CT molecular complexity index is 510. The van der Waals surface area contributed by atoms with Gasteiger partial charge in [0.15, 0.2) is 0 Å². The van der Waals surface area contributed by atoms with Crippen LogP contribution in [0, 0.1) is 3.57 Å². The Morgan fingerprint density at radius 2 is 1.88 bits per heavy atom. The first kappa shape index (κ1) is 13.6. The lowest BCUT2D eigenvalue weighted by Crippen LogP contribution is -2.12. The zero-order chi connectivity index (χ0) is 12.4. The number of hydrogen-bond acceptors (Lipinski definition) is 2. The highest BCUT2D eigenvalue weighted by atomic mass is 127. The van der Waals surface area contributed by atoms with E-state index in [9.17, 15) is 0 Å². The third kappa shape index (κ3) is 3.58. The van der Waals surface area contributed by atoms with Crippen LogP contribution in [0.25, 0.3) is 0 Å². The van der Waals surface area contributed by atoms with Gasteiger partial charge in [-0.3, -0.25) is 0 Å². The maximum Gasteiger partial charge on any atom is 0.0992 e. The predicted molar refractivity (Wildman–Crippen MR) is 84.1 cm³/mol. The summed E-state index contributed by atoms with van der Waals surface area (Å²) in [7, 11) is 0. The van der Waals surface area contributed by atoms with Gasteiger partial charge in [-0.1, -0.05) is 35.3 Å². The van der Waals surface area contributed by atoms with Gasteiger partial charge in [-0.25, -0.2) is 0 Å². The molecule has 1 heterocycles. The molecule has 0 aliphatic heterocycles. The zero-order valence-corrected chi connectivity index (χ0v) is 13.3. The summed E-state index contributed by atoms with van der Waals surface area (Å²) in [5.41, 5.74) is 8.28. The first-order valence-corrected chi connectivity index (χ1v) is 7.66. The molecule has 1 atom stereocenters. The van der Waals surface area contributed by atoms with Crippen molar-refractivity contribution in [2.24, 2.45) is 5.73 Å². The van der Waals surface area contributed by atoms with Gasteiger partial charge >= 0.3 is 0 Å². The fraction of sp³-hybridized carbons (Fsp3) is 0.167. The highest BCUT2D eigenvalue weighted by molar-refractivity contribution is 14.1. The van der Waals surface area contributed by atoms with E-state index >= 15 is 0 Å². The molecule has 0 aliphatic rings. The van der Waals surface area contributed by atoms with Gasteiger partial charge in [-0.05, 0) is 52.8 Å². The van der Waals surface area contributed by atoms with E-state index in [2.05, 4.69) is 46.9 Å². The van der Waals surface area contributed by atoms with Crippen molar-refractivity contribution < 1.29 is 0 Å². The molecule has 2 rings (SSSR count). The molecule has 1 aromatic carbocycles. The van der Waals surface area contributed by atoms with Gasteiger partial charge < -0.3 is 5.73 Å². The van der Waals surface area contributed by atoms with Crippen molar-refractivity contribution in [3.63, 3.8) is 0 Å². The summed E-state index contributed by atoms with van der Waals surface area (Å²) in [6, 6.07) is 10.1. The van der Waals surface area contributed by atoms with Gasteiger partial charge in [0.2, 0.25) is 0 Å². The summed E-state index contributed by atoms with van der Waals surface area (Å²) in [6.07, 6.45) is 0.768. The van der Waals surface area contributed by atoms with Crippen LogP contribution in [0.15, 0.2) is 30.3 Å². The first-order chi connectivity index (χ1) is 8.06. The highest BCUT2D eigenvalue weighted by Crippen LogP contribution is 2.35. The zero-order valence-electron chi connectivity index (χ0n) is 8.79. The summed E-state index contributed by atoms with van der Waals surface area (Å²) in [5.74, 6) is 0. The van der Waals surface area contributed by atoms with Crippen LogP contribution in [0.4, 0.5) is 0 Å². The smallest absolute Gasteiger partial charge is 0.0992 e. The molecule has 0 radical (unpaired) electrons. The predicted octanol–water partition coefficient (Wildman–Crippen LogP) is 4.90. The number of hydrogen-bond donors (Lipinski definition) is 1. The number of rotatable bonds is 3. The molecule has 2 N–H and O–H groups in total. The Morgan fingerprint density at radius 1 is 1.24 bits per heavy atom. The van der Waals surface area contributed by atoms with Crippen molar-refractivity contribution in [1.29, 1.82) is 0 Å². The number of thiophene rings is 1. The van der Waals surface area contributed by atoms with Crippen molar-refractivity contribution in [3.8, 4) is 0 Å². The minimum Gasteiger partial charge on any atom is -0.324 e. The second-order valence-corrected chi connectivity index (χ2v) is 7.25. The highest BCUT2D eigenvalue weighted by Gasteiger charge is 2.14. The van der Waals surface area contributed by atoms with Crippen molar-refractivity contribution in [2.75, 3.05) is 0 Å². The minimum atomic E-state index is -0.105. The molecule has 0 saturated carbocycles. The van der Waals surface area contributed by atoms with E-state index < -0.39 is 0 Å².